The zero-order chi connectivity index (χ0) is 15.4. The van der Waals surface area contributed by atoms with Crippen molar-refractivity contribution in [2.45, 2.75) is 20.8 Å². The van der Waals surface area contributed by atoms with Crippen molar-refractivity contribution in [2.75, 3.05) is 11.9 Å². The van der Waals surface area contributed by atoms with E-state index in [-0.39, 0.29) is 12.5 Å². The summed E-state index contributed by atoms with van der Waals surface area (Å²) >= 11 is 0. The van der Waals surface area contributed by atoms with Crippen LogP contribution < -0.4 is 11.1 Å². The lowest BCUT2D eigenvalue weighted by Gasteiger charge is -2.06. The zero-order valence-corrected chi connectivity index (χ0v) is 12.3. The van der Waals surface area contributed by atoms with Gasteiger partial charge >= 0.3 is 0 Å². The number of benzene rings is 1. The fourth-order valence-electron chi connectivity index (χ4n) is 1.81. The molecule has 108 valence electrons. The molecule has 21 heavy (non-hydrogen) atoms. The average Bonchev–Trinajstić information content (AvgIpc) is 2.77. The zero-order valence-electron chi connectivity index (χ0n) is 12.3. The third-order valence-corrected chi connectivity index (χ3v) is 3.13. The fraction of sp³-hybridized carbons (Fsp3) is 0.250. The van der Waals surface area contributed by atoms with Gasteiger partial charge in [-0.15, -0.1) is 0 Å². The number of nitrogens with two attached hydrogens (primary N) is 1. The van der Waals surface area contributed by atoms with Crippen LogP contribution in [0.1, 0.15) is 32.7 Å². The first kappa shape index (κ1) is 14.8. The number of nitrogens with one attached hydrogen (secondary N) is 1. The molecule has 1 aromatic carbocycles. The molecule has 0 aliphatic rings. The predicted octanol–water partition coefficient (Wildman–Crippen LogP) is 2.16. The van der Waals surface area contributed by atoms with Gasteiger partial charge in [0.15, 0.2) is 0 Å². The molecule has 0 saturated carbocycles. The van der Waals surface area contributed by atoms with Crippen molar-refractivity contribution in [2.24, 2.45) is 5.73 Å². The van der Waals surface area contributed by atoms with Crippen molar-refractivity contribution in [1.29, 1.82) is 0 Å². The Labute approximate surface area is 123 Å². The SMILES string of the molecule is Cc1ccc(C(=O)Nc2onc(C)c2C)c(C#CCN)c1. The van der Waals surface area contributed by atoms with Gasteiger partial charge in [0, 0.05) is 11.1 Å². The number of anilines is 1. The second-order valence-electron chi connectivity index (χ2n) is 4.73. The van der Waals surface area contributed by atoms with E-state index in [0.717, 1.165) is 16.8 Å². The van der Waals surface area contributed by atoms with E-state index < -0.39 is 0 Å². The molecule has 0 spiro atoms. The van der Waals surface area contributed by atoms with Crippen LogP contribution >= 0.6 is 0 Å². The number of amides is 1. The highest BCUT2D eigenvalue weighted by atomic mass is 16.5. The van der Waals surface area contributed by atoms with Crippen molar-refractivity contribution in [3.63, 3.8) is 0 Å². The van der Waals surface area contributed by atoms with Crippen molar-refractivity contribution in [1.82, 2.24) is 5.16 Å². The van der Waals surface area contributed by atoms with Crippen LogP contribution in [0.25, 0.3) is 0 Å². The molecule has 0 aliphatic carbocycles. The lowest BCUT2D eigenvalue weighted by molar-refractivity contribution is 0.102. The number of aryl methyl sites for hydroxylation is 2. The second kappa shape index (κ2) is 6.25. The Morgan fingerprint density at radius 3 is 2.76 bits per heavy atom. The smallest absolute Gasteiger partial charge is 0.259 e. The third kappa shape index (κ3) is 3.30. The molecule has 5 heteroatoms. The van der Waals surface area contributed by atoms with Gasteiger partial charge in [0.25, 0.3) is 5.91 Å². The molecule has 3 N–H and O–H groups in total. The molecule has 0 fully saturated rings. The molecule has 1 aromatic heterocycles. The summed E-state index contributed by atoms with van der Waals surface area (Å²) < 4.78 is 5.09. The summed E-state index contributed by atoms with van der Waals surface area (Å²) in [6.45, 7) is 5.85. The van der Waals surface area contributed by atoms with Crippen LogP contribution in [-0.4, -0.2) is 17.6 Å². The standard InChI is InChI=1S/C16H17N3O2/c1-10-6-7-14(13(9-10)5-4-8-17)15(20)18-16-11(2)12(3)19-21-16/h6-7,9H,8,17H2,1-3H3,(H,18,20). The minimum atomic E-state index is -0.282. The number of rotatable bonds is 2. The van der Waals surface area contributed by atoms with Crippen LogP contribution in [0.5, 0.6) is 0 Å². The molecule has 1 heterocycles. The fourth-order valence-corrected chi connectivity index (χ4v) is 1.81. The van der Waals surface area contributed by atoms with Gasteiger partial charge in [0.2, 0.25) is 5.88 Å². The Morgan fingerprint density at radius 1 is 1.38 bits per heavy atom. The monoisotopic (exact) mass is 283 g/mol. The largest absolute Gasteiger partial charge is 0.338 e. The van der Waals surface area contributed by atoms with Gasteiger partial charge in [-0.05, 0) is 38.5 Å². The summed E-state index contributed by atoms with van der Waals surface area (Å²) in [5.74, 6) is 5.76. The van der Waals surface area contributed by atoms with Crippen LogP contribution in [0.15, 0.2) is 22.7 Å². The Bertz CT molecular complexity index is 736. The number of hydrogen-bond donors (Lipinski definition) is 2. The number of carbonyl (C=O) groups excluding carboxylic acids is 1. The average molecular weight is 283 g/mol. The molecular weight excluding hydrogens is 266 g/mol. The second-order valence-corrected chi connectivity index (χ2v) is 4.73. The molecule has 0 bridgehead atoms. The lowest BCUT2D eigenvalue weighted by atomic mass is 10.0. The molecule has 0 saturated heterocycles. The maximum Gasteiger partial charge on any atom is 0.259 e. The Kier molecular flexibility index (Phi) is 4.41. The maximum absolute atomic E-state index is 12.4. The van der Waals surface area contributed by atoms with Crippen molar-refractivity contribution < 1.29 is 9.32 Å². The van der Waals surface area contributed by atoms with E-state index in [4.69, 9.17) is 10.3 Å². The van der Waals surface area contributed by atoms with Crippen LogP contribution in [0.3, 0.4) is 0 Å². The van der Waals surface area contributed by atoms with E-state index in [9.17, 15) is 4.79 Å². The first-order valence-corrected chi connectivity index (χ1v) is 6.56. The highest BCUT2D eigenvalue weighted by molar-refractivity contribution is 6.05. The summed E-state index contributed by atoms with van der Waals surface area (Å²) in [6, 6.07) is 5.46. The molecule has 1 amide bonds. The Hall–Kier alpha value is -2.58. The van der Waals surface area contributed by atoms with E-state index in [1.165, 1.54) is 0 Å². The van der Waals surface area contributed by atoms with E-state index in [1.54, 1.807) is 6.07 Å². The quantitative estimate of drug-likeness (QED) is 0.828. The minimum Gasteiger partial charge on any atom is -0.338 e. The first-order valence-electron chi connectivity index (χ1n) is 6.56. The molecule has 5 nitrogen and oxygen atoms in total. The van der Waals surface area contributed by atoms with Gasteiger partial charge in [-0.1, -0.05) is 23.1 Å². The predicted molar refractivity (Wildman–Crippen MR) is 81.0 cm³/mol. The van der Waals surface area contributed by atoms with Gasteiger partial charge < -0.3 is 10.3 Å². The lowest BCUT2D eigenvalue weighted by Crippen LogP contribution is -2.14. The normalized spacial score (nSPS) is 9.90. The van der Waals surface area contributed by atoms with Crippen LogP contribution in [0.4, 0.5) is 5.88 Å². The van der Waals surface area contributed by atoms with Gasteiger partial charge in [0.1, 0.15) is 0 Å². The summed E-state index contributed by atoms with van der Waals surface area (Å²) in [5, 5.41) is 6.53. The van der Waals surface area contributed by atoms with E-state index >= 15 is 0 Å². The molecule has 2 aromatic rings. The summed E-state index contributed by atoms with van der Waals surface area (Å²) in [6.07, 6.45) is 0. The molecule has 0 radical (unpaired) electrons. The van der Waals surface area contributed by atoms with Gasteiger partial charge in [0.05, 0.1) is 17.8 Å². The first-order chi connectivity index (χ1) is 10.0. The number of hydrogen-bond acceptors (Lipinski definition) is 4. The Morgan fingerprint density at radius 2 is 2.14 bits per heavy atom. The maximum atomic E-state index is 12.4. The highest BCUT2D eigenvalue weighted by Crippen LogP contribution is 2.19. The minimum absolute atomic E-state index is 0.245. The number of carbonyl (C=O) groups is 1. The van der Waals surface area contributed by atoms with E-state index in [1.807, 2.05) is 32.9 Å². The molecule has 2 rings (SSSR count). The van der Waals surface area contributed by atoms with Gasteiger partial charge in [-0.2, -0.15) is 0 Å². The molecule has 0 atom stereocenters. The topological polar surface area (TPSA) is 81.2 Å². The number of nitrogens with zero attached hydrogens (tertiary/aromatic N) is 1. The highest BCUT2D eigenvalue weighted by Gasteiger charge is 2.15. The third-order valence-electron chi connectivity index (χ3n) is 3.13. The molecule has 0 aliphatic heterocycles. The van der Waals surface area contributed by atoms with Crippen molar-refractivity contribution >= 4 is 11.8 Å². The van der Waals surface area contributed by atoms with E-state index in [2.05, 4.69) is 22.3 Å². The van der Waals surface area contributed by atoms with Crippen LogP contribution in [0, 0.1) is 32.6 Å². The Balaban J connectivity index is 2.33. The van der Waals surface area contributed by atoms with Crippen LogP contribution in [0.2, 0.25) is 0 Å². The van der Waals surface area contributed by atoms with Crippen LogP contribution in [-0.2, 0) is 0 Å². The summed E-state index contributed by atoms with van der Waals surface area (Å²) in [5.41, 5.74) is 9.10. The summed E-state index contributed by atoms with van der Waals surface area (Å²) in [7, 11) is 0. The van der Waals surface area contributed by atoms with Crippen molar-refractivity contribution in [3.8, 4) is 11.8 Å². The van der Waals surface area contributed by atoms with Gasteiger partial charge in [-0.25, -0.2) is 0 Å². The van der Waals surface area contributed by atoms with E-state index in [0.29, 0.717) is 17.0 Å². The summed E-state index contributed by atoms with van der Waals surface area (Å²) in [4.78, 5) is 12.4. The number of aromatic nitrogens is 1. The van der Waals surface area contributed by atoms with Gasteiger partial charge in [-0.3, -0.25) is 10.1 Å². The molecular formula is C16H17N3O2. The molecule has 0 unspecified atom stereocenters. The van der Waals surface area contributed by atoms with Crippen molar-refractivity contribution in [3.05, 3.63) is 46.1 Å².